The third kappa shape index (κ3) is 2.97. The van der Waals surface area contributed by atoms with Crippen LogP contribution in [0.4, 0.5) is 0 Å². The van der Waals surface area contributed by atoms with Gasteiger partial charge in [0.25, 0.3) is 0 Å². The van der Waals surface area contributed by atoms with Crippen molar-refractivity contribution in [3.8, 4) is 28.8 Å². The summed E-state index contributed by atoms with van der Waals surface area (Å²) in [5, 5.41) is 10.5. The number of hydrogen-bond donors (Lipinski definition) is 1. The highest BCUT2D eigenvalue weighted by Gasteiger charge is 2.14. The van der Waals surface area contributed by atoms with Crippen LogP contribution in [0.25, 0.3) is 22.4 Å². The van der Waals surface area contributed by atoms with Crippen molar-refractivity contribution in [1.29, 1.82) is 0 Å². The maximum atomic E-state index is 9.77. The number of ether oxygens (including phenoxy) is 1. The second-order valence-corrected chi connectivity index (χ2v) is 5.48. The fourth-order valence-electron chi connectivity index (χ4n) is 2.52. The highest BCUT2D eigenvalue weighted by molar-refractivity contribution is 5.86. The normalized spacial score (nSPS) is 10.8. The van der Waals surface area contributed by atoms with Gasteiger partial charge in [0.1, 0.15) is 11.5 Å². The average molecular weight is 330 g/mol. The molecule has 0 saturated carbocycles. The highest BCUT2D eigenvalue weighted by Crippen LogP contribution is 2.34. The van der Waals surface area contributed by atoms with Crippen molar-refractivity contribution in [1.82, 2.24) is 19.9 Å². The van der Waals surface area contributed by atoms with Gasteiger partial charge in [-0.3, -0.25) is 4.98 Å². The first-order chi connectivity index (χ1) is 12.2. The monoisotopic (exact) mass is 330 g/mol. The first kappa shape index (κ1) is 15.0. The molecule has 0 spiro atoms. The summed E-state index contributed by atoms with van der Waals surface area (Å²) in [6, 6.07) is 12.2. The maximum absolute atomic E-state index is 9.77. The largest absolute Gasteiger partial charge is 0.508 e. The summed E-state index contributed by atoms with van der Waals surface area (Å²) in [6.07, 6.45) is 4.99. The zero-order chi connectivity index (χ0) is 17.2. The molecule has 122 valence electrons. The Hall–Kier alpha value is -3.54. The molecule has 6 nitrogen and oxygen atoms in total. The Kier molecular flexibility index (Phi) is 3.70. The van der Waals surface area contributed by atoms with Crippen LogP contribution in [0.5, 0.6) is 17.2 Å². The maximum Gasteiger partial charge on any atom is 0.181 e. The Balaban J connectivity index is 1.84. The second kappa shape index (κ2) is 6.16. The molecule has 1 aromatic carbocycles. The Bertz CT molecular complexity index is 1050. The molecule has 0 bridgehead atoms. The van der Waals surface area contributed by atoms with Crippen molar-refractivity contribution < 1.29 is 9.84 Å². The van der Waals surface area contributed by atoms with Crippen LogP contribution < -0.4 is 4.74 Å². The number of phenolic OH excluding ortho intramolecular Hbond substituents is 1. The number of fused-ring (bicyclic) bond motifs is 1. The minimum Gasteiger partial charge on any atom is -0.508 e. The van der Waals surface area contributed by atoms with E-state index in [4.69, 9.17) is 4.74 Å². The fourth-order valence-corrected chi connectivity index (χ4v) is 2.52. The number of aryl methyl sites for hydroxylation is 1. The summed E-state index contributed by atoms with van der Waals surface area (Å²) in [7, 11) is 0. The smallest absolute Gasteiger partial charge is 0.181 e. The molecular formula is C19H14N4O2. The van der Waals surface area contributed by atoms with Gasteiger partial charge < -0.3 is 9.84 Å². The predicted octanol–water partition coefficient (Wildman–Crippen LogP) is 3.89. The van der Waals surface area contributed by atoms with Crippen LogP contribution >= 0.6 is 0 Å². The van der Waals surface area contributed by atoms with Gasteiger partial charge in [0.05, 0.1) is 5.52 Å². The van der Waals surface area contributed by atoms with Crippen LogP contribution in [0.3, 0.4) is 0 Å². The zero-order valence-corrected chi connectivity index (χ0v) is 13.4. The summed E-state index contributed by atoms with van der Waals surface area (Å²) in [5.41, 5.74) is 2.13. The highest BCUT2D eigenvalue weighted by atomic mass is 16.5. The lowest BCUT2D eigenvalue weighted by Crippen LogP contribution is -1.97. The summed E-state index contributed by atoms with van der Waals surface area (Å²) < 4.78 is 6.09. The Morgan fingerprint density at radius 2 is 1.72 bits per heavy atom. The van der Waals surface area contributed by atoms with Crippen LogP contribution in [0.2, 0.25) is 0 Å². The van der Waals surface area contributed by atoms with Gasteiger partial charge in [-0.25, -0.2) is 15.0 Å². The lowest BCUT2D eigenvalue weighted by molar-refractivity contribution is 0.473. The van der Waals surface area contributed by atoms with E-state index in [0.29, 0.717) is 28.4 Å². The van der Waals surface area contributed by atoms with E-state index >= 15 is 0 Å². The van der Waals surface area contributed by atoms with E-state index in [1.165, 1.54) is 0 Å². The molecule has 0 fully saturated rings. The number of rotatable bonds is 3. The molecule has 0 atom stereocenters. The molecule has 25 heavy (non-hydrogen) atoms. The van der Waals surface area contributed by atoms with Gasteiger partial charge >= 0.3 is 0 Å². The van der Waals surface area contributed by atoms with E-state index in [1.807, 2.05) is 19.1 Å². The van der Waals surface area contributed by atoms with Crippen LogP contribution in [-0.4, -0.2) is 25.0 Å². The molecule has 1 N–H and O–H groups in total. The van der Waals surface area contributed by atoms with Crippen molar-refractivity contribution in [3.05, 3.63) is 66.7 Å². The zero-order valence-electron chi connectivity index (χ0n) is 13.4. The molecule has 6 heteroatoms. The molecule has 3 aromatic heterocycles. The van der Waals surface area contributed by atoms with Gasteiger partial charge in [0.15, 0.2) is 17.3 Å². The number of aromatic nitrogens is 4. The third-order valence-electron chi connectivity index (χ3n) is 3.68. The van der Waals surface area contributed by atoms with Crippen molar-refractivity contribution in [2.45, 2.75) is 6.92 Å². The Morgan fingerprint density at radius 3 is 2.56 bits per heavy atom. The number of phenols is 1. The van der Waals surface area contributed by atoms with Crippen molar-refractivity contribution in [2.24, 2.45) is 0 Å². The van der Waals surface area contributed by atoms with E-state index in [2.05, 4.69) is 19.9 Å². The van der Waals surface area contributed by atoms with Gasteiger partial charge in [-0.2, -0.15) is 0 Å². The molecule has 0 unspecified atom stereocenters. The minimum atomic E-state index is 0.152. The molecule has 0 aliphatic heterocycles. The predicted molar refractivity (Wildman–Crippen MR) is 93.5 cm³/mol. The van der Waals surface area contributed by atoms with Crippen LogP contribution in [0.1, 0.15) is 5.69 Å². The van der Waals surface area contributed by atoms with Crippen LogP contribution in [0, 0.1) is 6.92 Å². The lowest BCUT2D eigenvalue weighted by atomic mass is 10.2. The fraction of sp³-hybridized carbons (Fsp3) is 0.0526. The quantitative estimate of drug-likeness (QED) is 0.614. The molecule has 0 saturated heterocycles. The lowest BCUT2D eigenvalue weighted by Gasteiger charge is -2.12. The van der Waals surface area contributed by atoms with Crippen molar-refractivity contribution in [3.63, 3.8) is 0 Å². The second-order valence-electron chi connectivity index (χ2n) is 5.48. The standard InChI is InChI=1S/C19H14N4O2/c1-12-3-6-17(18(23-12)19-21-8-2-9-22-19)25-16-7-10-20-15-5-4-13(24)11-14(15)16/h2-11,24H,1H3. The van der Waals surface area contributed by atoms with E-state index in [1.54, 1.807) is 48.9 Å². The Morgan fingerprint density at radius 1 is 0.880 bits per heavy atom. The molecule has 3 heterocycles. The SMILES string of the molecule is Cc1ccc(Oc2ccnc3ccc(O)cc23)c(-c2ncccn2)n1. The molecule has 0 amide bonds. The van der Waals surface area contributed by atoms with E-state index in [0.717, 1.165) is 11.2 Å². The van der Waals surface area contributed by atoms with Crippen molar-refractivity contribution in [2.75, 3.05) is 0 Å². The molecule has 4 aromatic rings. The number of nitrogens with zero attached hydrogens (tertiary/aromatic N) is 4. The number of hydrogen-bond acceptors (Lipinski definition) is 6. The molecule has 0 aliphatic rings. The van der Waals surface area contributed by atoms with Crippen molar-refractivity contribution >= 4 is 10.9 Å². The van der Waals surface area contributed by atoms with E-state index in [9.17, 15) is 5.11 Å². The molecule has 0 aliphatic carbocycles. The van der Waals surface area contributed by atoms with E-state index < -0.39 is 0 Å². The Labute approximate surface area is 143 Å². The molecular weight excluding hydrogens is 316 g/mol. The van der Waals surface area contributed by atoms with Gasteiger partial charge in [-0.1, -0.05) is 0 Å². The first-order valence-corrected chi connectivity index (χ1v) is 7.71. The van der Waals surface area contributed by atoms with Gasteiger partial charge in [0, 0.05) is 29.7 Å². The number of benzene rings is 1. The minimum absolute atomic E-state index is 0.152. The number of pyridine rings is 2. The molecule has 0 radical (unpaired) electrons. The third-order valence-corrected chi connectivity index (χ3v) is 3.68. The van der Waals surface area contributed by atoms with Gasteiger partial charge in [-0.05, 0) is 49.4 Å². The first-order valence-electron chi connectivity index (χ1n) is 7.71. The van der Waals surface area contributed by atoms with Crippen LogP contribution in [0.15, 0.2) is 61.1 Å². The number of aromatic hydroxyl groups is 1. The summed E-state index contributed by atoms with van der Waals surface area (Å²) in [4.78, 5) is 17.3. The molecule has 4 rings (SSSR count). The van der Waals surface area contributed by atoms with Gasteiger partial charge in [0.2, 0.25) is 0 Å². The summed E-state index contributed by atoms with van der Waals surface area (Å²) in [5.74, 6) is 1.75. The summed E-state index contributed by atoms with van der Waals surface area (Å²) >= 11 is 0. The van der Waals surface area contributed by atoms with E-state index in [-0.39, 0.29) is 5.75 Å². The topological polar surface area (TPSA) is 81.0 Å². The van der Waals surface area contributed by atoms with Crippen LogP contribution in [-0.2, 0) is 0 Å². The summed E-state index contributed by atoms with van der Waals surface area (Å²) in [6.45, 7) is 1.90. The average Bonchev–Trinajstić information content (AvgIpc) is 2.64. The van der Waals surface area contributed by atoms with Gasteiger partial charge in [-0.15, -0.1) is 0 Å².